The zero-order valence-electron chi connectivity index (χ0n) is 10.9. The minimum atomic E-state index is 0.747. The predicted molar refractivity (Wildman–Crippen MR) is 75.8 cm³/mol. The van der Waals surface area contributed by atoms with E-state index in [9.17, 15) is 0 Å². The lowest BCUT2D eigenvalue weighted by molar-refractivity contribution is 0.308. The van der Waals surface area contributed by atoms with Gasteiger partial charge in [0.05, 0.1) is 6.61 Å². The molecule has 0 atom stereocenters. The van der Waals surface area contributed by atoms with Crippen LogP contribution in [-0.2, 0) is 0 Å². The normalized spacial score (nSPS) is 10.7. The van der Waals surface area contributed by atoms with Crippen molar-refractivity contribution in [3.63, 3.8) is 0 Å². The third-order valence-electron chi connectivity index (χ3n) is 3.07. The van der Waals surface area contributed by atoms with E-state index in [1.54, 1.807) is 12.4 Å². The molecule has 3 heteroatoms. The van der Waals surface area contributed by atoms with E-state index in [-0.39, 0.29) is 0 Å². The Morgan fingerprint density at radius 3 is 2.83 bits per heavy atom. The van der Waals surface area contributed by atoms with Crippen molar-refractivity contribution in [2.45, 2.75) is 32.6 Å². The lowest BCUT2D eigenvalue weighted by Crippen LogP contribution is -1.99. The van der Waals surface area contributed by atoms with Crippen molar-refractivity contribution in [3.8, 4) is 5.75 Å². The molecule has 0 fully saturated rings. The van der Waals surface area contributed by atoms with Gasteiger partial charge < -0.3 is 10.5 Å². The number of nitrogen functional groups attached to an aromatic ring is 1. The number of fused-ring (bicyclic) bond motifs is 1. The average Bonchev–Trinajstić information content (AvgIpc) is 2.41. The van der Waals surface area contributed by atoms with Gasteiger partial charge in [0.2, 0.25) is 0 Å². The van der Waals surface area contributed by atoms with Gasteiger partial charge >= 0.3 is 0 Å². The second-order valence-corrected chi connectivity index (χ2v) is 4.48. The smallest absolute Gasteiger partial charge is 0.127 e. The fourth-order valence-electron chi connectivity index (χ4n) is 2.02. The number of pyridine rings is 1. The number of benzene rings is 1. The van der Waals surface area contributed by atoms with Gasteiger partial charge in [0.1, 0.15) is 5.75 Å². The molecule has 1 aromatic heterocycles. The van der Waals surface area contributed by atoms with Gasteiger partial charge in [0.25, 0.3) is 0 Å². The van der Waals surface area contributed by atoms with Crippen molar-refractivity contribution in [1.29, 1.82) is 0 Å². The fraction of sp³-hybridized carbons (Fsp3) is 0.400. The van der Waals surface area contributed by atoms with E-state index in [2.05, 4.69) is 11.9 Å². The van der Waals surface area contributed by atoms with Crippen molar-refractivity contribution in [2.24, 2.45) is 0 Å². The summed E-state index contributed by atoms with van der Waals surface area (Å²) in [7, 11) is 0. The van der Waals surface area contributed by atoms with Crippen LogP contribution < -0.4 is 10.5 Å². The monoisotopic (exact) mass is 244 g/mol. The number of aromatic nitrogens is 1. The highest BCUT2D eigenvalue weighted by atomic mass is 16.5. The molecule has 96 valence electrons. The average molecular weight is 244 g/mol. The number of unbranched alkanes of at least 4 members (excludes halogenated alkanes) is 3. The Hall–Kier alpha value is -1.77. The van der Waals surface area contributed by atoms with Crippen LogP contribution in [0.25, 0.3) is 10.8 Å². The highest BCUT2D eigenvalue weighted by molar-refractivity contribution is 5.96. The maximum absolute atomic E-state index is 5.92. The van der Waals surface area contributed by atoms with Crippen LogP contribution in [0.15, 0.2) is 30.6 Å². The maximum Gasteiger partial charge on any atom is 0.127 e. The molecule has 2 aromatic rings. The Bertz CT molecular complexity index is 511. The zero-order valence-corrected chi connectivity index (χ0v) is 10.9. The molecule has 0 saturated heterocycles. The number of hydrogen-bond acceptors (Lipinski definition) is 3. The summed E-state index contributed by atoms with van der Waals surface area (Å²) in [5.41, 5.74) is 6.67. The Morgan fingerprint density at radius 1 is 1.11 bits per heavy atom. The van der Waals surface area contributed by atoms with Crippen LogP contribution in [0.1, 0.15) is 32.6 Å². The Labute approximate surface area is 108 Å². The summed E-state index contributed by atoms with van der Waals surface area (Å²) in [5, 5.41) is 2.00. The summed E-state index contributed by atoms with van der Waals surface area (Å²) < 4.78 is 5.84. The van der Waals surface area contributed by atoms with Crippen molar-refractivity contribution >= 4 is 16.5 Å². The molecule has 0 bridgehead atoms. The van der Waals surface area contributed by atoms with Crippen LogP contribution in [-0.4, -0.2) is 11.6 Å². The highest BCUT2D eigenvalue weighted by Gasteiger charge is 2.04. The van der Waals surface area contributed by atoms with Crippen LogP contribution in [0.4, 0.5) is 5.69 Å². The molecule has 0 amide bonds. The first-order valence-corrected chi connectivity index (χ1v) is 6.58. The minimum absolute atomic E-state index is 0.747. The first kappa shape index (κ1) is 12.7. The molecule has 0 aliphatic carbocycles. The van der Waals surface area contributed by atoms with Crippen LogP contribution in [0.3, 0.4) is 0 Å². The minimum Gasteiger partial charge on any atom is -0.493 e. The van der Waals surface area contributed by atoms with Crippen LogP contribution in [0.5, 0.6) is 5.75 Å². The lowest BCUT2D eigenvalue weighted by atomic mass is 10.1. The third kappa shape index (κ3) is 2.92. The molecule has 1 aromatic carbocycles. The summed E-state index contributed by atoms with van der Waals surface area (Å²) in [6, 6.07) is 5.77. The van der Waals surface area contributed by atoms with E-state index < -0.39 is 0 Å². The molecule has 0 spiro atoms. The molecular weight excluding hydrogens is 224 g/mol. The molecule has 0 saturated carbocycles. The van der Waals surface area contributed by atoms with E-state index in [4.69, 9.17) is 10.5 Å². The number of hydrogen-bond donors (Lipinski definition) is 1. The summed E-state index contributed by atoms with van der Waals surface area (Å²) in [6.07, 6.45) is 8.41. The van der Waals surface area contributed by atoms with Gasteiger partial charge in [-0.05, 0) is 24.6 Å². The Morgan fingerprint density at radius 2 is 2.00 bits per heavy atom. The summed E-state index contributed by atoms with van der Waals surface area (Å²) in [4.78, 5) is 4.10. The van der Waals surface area contributed by atoms with Gasteiger partial charge in [0.15, 0.2) is 0 Å². The number of rotatable bonds is 6. The van der Waals surface area contributed by atoms with E-state index in [1.807, 2.05) is 18.2 Å². The van der Waals surface area contributed by atoms with Gasteiger partial charge in [0, 0.05) is 28.9 Å². The molecule has 0 unspecified atom stereocenters. The standard InChI is InChI=1S/C15H20N2O/c1-2-3-4-5-10-18-15-7-6-14(16)13-11-17-9-8-12(13)15/h6-9,11H,2-5,10,16H2,1H3. The van der Waals surface area contributed by atoms with E-state index in [0.29, 0.717) is 0 Å². The van der Waals surface area contributed by atoms with Crippen molar-refractivity contribution in [3.05, 3.63) is 30.6 Å². The van der Waals surface area contributed by atoms with Crippen LogP contribution in [0, 0.1) is 0 Å². The first-order valence-electron chi connectivity index (χ1n) is 6.58. The number of ether oxygens (including phenoxy) is 1. The quantitative estimate of drug-likeness (QED) is 0.621. The highest BCUT2D eigenvalue weighted by Crippen LogP contribution is 2.29. The molecule has 0 aliphatic rings. The molecule has 0 aliphatic heterocycles. The van der Waals surface area contributed by atoms with Gasteiger partial charge in [-0.15, -0.1) is 0 Å². The first-order chi connectivity index (χ1) is 8.83. The molecule has 1 heterocycles. The fourth-order valence-corrected chi connectivity index (χ4v) is 2.02. The Kier molecular flexibility index (Phi) is 4.40. The second-order valence-electron chi connectivity index (χ2n) is 4.48. The maximum atomic E-state index is 5.92. The molecule has 2 N–H and O–H groups in total. The predicted octanol–water partition coefficient (Wildman–Crippen LogP) is 3.78. The number of nitrogens with zero attached hydrogens (tertiary/aromatic N) is 1. The number of anilines is 1. The van der Waals surface area contributed by atoms with Gasteiger partial charge in [-0.25, -0.2) is 0 Å². The molecule has 18 heavy (non-hydrogen) atoms. The van der Waals surface area contributed by atoms with Crippen molar-refractivity contribution in [2.75, 3.05) is 12.3 Å². The molecular formula is C15H20N2O. The molecule has 0 radical (unpaired) electrons. The third-order valence-corrected chi connectivity index (χ3v) is 3.07. The summed E-state index contributed by atoms with van der Waals surface area (Å²) in [5.74, 6) is 0.901. The zero-order chi connectivity index (χ0) is 12.8. The van der Waals surface area contributed by atoms with Crippen molar-refractivity contribution in [1.82, 2.24) is 4.98 Å². The summed E-state index contributed by atoms with van der Waals surface area (Å²) in [6.45, 7) is 2.97. The van der Waals surface area contributed by atoms with E-state index in [0.717, 1.165) is 35.2 Å². The van der Waals surface area contributed by atoms with Gasteiger partial charge in [-0.3, -0.25) is 4.98 Å². The largest absolute Gasteiger partial charge is 0.493 e. The van der Waals surface area contributed by atoms with Gasteiger partial charge in [-0.2, -0.15) is 0 Å². The van der Waals surface area contributed by atoms with E-state index in [1.165, 1.54) is 19.3 Å². The lowest BCUT2D eigenvalue weighted by Gasteiger charge is -2.10. The van der Waals surface area contributed by atoms with E-state index >= 15 is 0 Å². The number of nitrogens with two attached hydrogens (primary N) is 1. The SMILES string of the molecule is CCCCCCOc1ccc(N)c2cnccc12. The Balaban J connectivity index is 2.07. The topological polar surface area (TPSA) is 48.1 Å². The van der Waals surface area contributed by atoms with Gasteiger partial charge in [-0.1, -0.05) is 26.2 Å². The molecule has 3 nitrogen and oxygen atoms in total. The molecule has 2 rings (SSSR count). The van der Waals surface area contributed by atoms with Crippen LogP contribution >= 0.6 is 0 Å². The summed E-state index contributed by atoms with van der Waals surface area (Å²) >= 11 is 0. The van der Waals surface area contributed by atoms with Crippen LogP contribution in [0.2, 0.25) is 0 Å². The second kappa shape index (κ2) is 6.24. The van der Waals surface area contributed by atoms with Crippen molar-refractivity contribution < 1.29 is 4.74 Å².